The maximum absolute atomic E-state index is 13.5. The predicted molar refractivity (Wildman–Crippen MR) is 101 cm³/mol. The first-order valence-electron chi connectivity index (χ1n) is 8.94. The summed E-state index contributed by atoms with van der Waals surface area (Å²) in [5.74, 6) is 0. The molecule has 2 aliphatic rings. The van der Waals surface area contributed by atoms with Gasteiger partial charge in [-0.3, -0.25) is 0 Å². The minimum Gasteiger partial charge on any atom is -0.360 e. The number of halogens is 1. The highest BCUT2D eigenvalue weighted by Crippen LogP contribution is 2.39. The number of urea groups is 1. The molecular weight excluding hydrogens is 351 g/mol. The van der Waals surface area contributed by atoms with Crippen LogP contribution in [-0.2, 0) is 0 Å². The molecule has 26 heavy (non-hydrogen) atoms. The van der Waals surface area contributed by atoms with E-state index in [9.17, 15) is 14.4 Å². The van der Waals surface area contributed by atoms with Gasteiger partial charge in [-0.25, -0.2) is 9.18 Å². The summed E-state index contributed by atoms with van der Waals surface area (Å²) in [5.41, 5.74) is 0.714. The quantitative estimate of drug-likeness (QED) is 0.878. The zero-order chi connectivity index (χ0) is 18.3. The number of nitrogens with one attached hydrogen (secondary N) is 1. The topological polar surface area (TPSA) is 59.4 Å². The van der Waals surface area contributed by atoms with Gasteiger partial charge in [0.2, 0.25) is 0 Å². The number of fused-ring (bicyclic) bond motifs is 1. The molecule has 136 valence electrons. The Morgan fingerprint density at radius 3 is 2.92 bits per heavy atom. The summed E-state index contributed by atoms with van der Waals surface area (Å²) < 4.78 is 14.6. The Morgan fingerprint density at radius 2 is 2.19 bits per heavy atom. The van der Waals surface area contributed by atoms with Crippen LogP contribution in [0.5, 0.6) is 0 Å². The molecule has 1 aromatic heterocycles. The van der Waals surface area contributed by atoms with Crippen LogP contribution in [0.3, 0.4) is 0 Å². The van der Waals surface area contributed by atoms with Crippen LogP contribution >= 0.6 is 11.3 Å². The molecule has 1 N–H and O–H groups in total. The van der Waals surface area contributed by atoms with Crippen LogP contribution in [0.1, 0.15) is 25.3 Å². The monoisotopic (exact) mass is 372 g/mol. The van der Waals surface area contributed by atoms with E-state index in [-0.39, 0.29) is 24.7 Å². The van der Waals surface area contributed by atoms with Crippen LogP contribution in [0.4, 0.5) is 14.2 Å². The molecule has 2 amide bonds. The highest BCUT2D eigenvalue weighted by Gasteiger charge is 2.34. The Bertz CT molecular complexity index is 876. The first kappa shape index (κ1) is 17.1. The summed E-state index contributed by atoms with van der Waals surface area (Å²) in [5, 5.41) is 14.6. The van der Waals surface area contributed by atoms with Crippen LogP contribution in [-0.4, -0.2) is 48.8 Å². The molecule has 0 bridgehead atoms. The molecular formula is C19H21FN4OS. The minimum absolute atomic E-state index is 0.0186. The minimum atomic E-state index is -0.924. The van der Waals surface area contributed by atoms with Crippen LogP contribution in [0, 0.1) is 11.3 Å². The van der Waals surface area contributed by atoms with E-state index in [1.165, 1.54) is 0 Å². The SMILES string of the molecule is CC1C[C@H](F)CN1C(=O)N[C@H]1CCN(c2sc3ccccc3c2C#N)C1. The molecule has 0 spiro atoms. The van der Waals surface area contributed by atoms with Crippen molar-refractivity contribution >= 4 is 32.5 Å². The molecule has 1 unspecified atom stereocenters. The first-order valence-corrected chi connectivity index (χ1v) is 9.76. The van der Waals surface area contributed by atoms with Crippen molar-refractivity contribution in [1.29, 1.82) is 5.26 Å². The third-order valence-electron chi connectivity index (χ3n) is 5.28. The van der Waals surface area contributed by atoms with E-state index in [1.807, 2.05) is 31.2 Å². The van der Waals surface area contributed by atoms with E-state index >= 15 is 0 Å². The number of amides is 2. The number of nitriles is 1. The Hall–Kier alpha value is -2.33. The number of benzene rings is 1. The summed E-state index contributed by atoms with van der Waals surface area (Å²) >= 11 is 1.62. The smallest absolute Gasteiger partial charge is 0.318 e. The largest absolute Gasteiger partial charge is 0.360 e. The van der Waals surface area contributed by atoms with Crippen molar-refractivity contribution in [3.63, 3.8) is 0 Å². The summed E-state index contributed by atoms with van der Waals surface area (Å²) in [7, 11) is 0. The number of likely N-dealkylation sites (tertiary alicyclic amines) is 1. The second kappa shape index (κ2) is 6.76. The summed E-state index contributed by atoms with van der Waals surface area (Å²) in [4.78, 5) is 16.2. The van der Waals surface area contributed by atoms with E-state index in [2.05, 4.69) is 16.3 Å². The van der Waals surface area contributed by atoms with Crippen molar-refractivity contribution in [2.24, 2.45) is 0 Å². The molecule has 2 aliphatic heterocycles. The lowest BCUT2D eigenvalue weighted by atomic mass is 10.2. The van der Waals surface area contributed by atoms with Crippen LogP contribution in [0.2, 0.25) is 0 Å². The zero-order valence-corrected chi connectivity index (χ0v) is 15.4. The molecule has 2 aromatic rings. The number of alkyl halides is 1. The van der Waals surface area contributed by atoms with E-state index in [0.29, 0.717) is 18.5 Å². The Balaban J connectivity index is 1.46. The molecule has 1 aromatic carbocycles. The fourth-order valence-corrected chi connectivity index (χ4v) is 5.12. The Labute approximate surface area is 156 Å². The van der Waals surface area contributed by atoms with Gasteiger partial charge in [-0.15, -0.1) is 11.3 Å². The lowest BCUT2D eigenvalue weighted by Gasteiger charge is -2.24. The normalized spacial score (nSPS) is 25.7. The van der Waals surface area contributed by atoms with Crippen LogP contribution in [0.25, 0.3) is 10.1 Å². The average Bonchev–Trinajstić information content (AvgIpc) is 3.31. The average molecular weight is 372 g/mol. The number of thiophene rings is 1. The number of hydrogen-bond donors (Lipinski definition) is 1. The summed E-state index contributed by atoms with van der Waals surface area (Å²) in [6.45, 7) is 3.54. The van der Waals surface area contributed by atoms with Gasteiger partial charge in [0.1, 0.15) is 17.2 Å². The van der Waals surface area contributed by atoms with Crippen molar-refractivity contribution in [3.05, 3.63) is 29.8 Å². The highest BCUT2D eigenvalue weighted by molar-refractivity contribution is 7.23. The number of carbonyl (C=O) groups is 1. The third kappa shape index (κ3) is 2.99. The number of nitrogens with zero attached hydrogens (tertiary/aromatic N) is 3. The van der Waals surface area contributed by atoms with Gasteiger partial charge in [-0.2, -0.15) is 5.26 Å². The molecule has 3 heterocycles. The van der Waals surface area contributed by atoms with Crippen molar-refractivity contribution in [2.75, 3.05) is 24.5 Å². The Morgan fingerprint density at radius 1 is 1.38 bits per heavy atom. The molecule has 0 saturated carbocycles. The maximum Gasteiger partial charge on any atom is 0.318 e. The molecule has 3 atom stereocenters. The van der Waals surface area contributed by atoms with Crippen LogP contribution < -0.4 is 10.2 Å². The fraction of sp³-hybridized carbons (Fsp3) is 0.474. The van der Waals surface area contributed by atoms with Gasteiger partial charge < -0.3 is 15.1 Å². The molecule has 7 heteroatoms. The van der Waals surface area contributed by atoms with E-state index < -0.39 is 6.17 Å². The second-order valence-corrected chi connectivity index (χ2v) is 8.14. The van der Waals surface area contributed by atoms with E-state index in [4.69, 9.17) is 0 Å². The molecule has 2 fully saturated rings. The van der Waals surface area contributed by atoms with Crippen molar-refractivity contribution in [1.82, 2.24) is 10.2 Å². The van der Waals surface area contributed by atoms with E-state index in [1.54, 1.807) is 16.2 Å². The van der Waals surface area contributed by atoms with E-state index in [0.717, 1.165) is 28.1 Å². The molecule has 0 radical (unpaired) electrons. The van der Waals surface area contributed by atoms with Crippen molar-refractivity contribution in [3.8, 4) is 6.07 Å². The number of rotatable bonds is 2. The van der Waals surface area contributed by atoms with Crippen molar-refractivity contribution < 1.29 is 9.18 Å². The van der Waals surface area contributed by atoms with Gasteiger partial charge in [-0.05, 0) is 19.4 Å². The second-order valence-electron chi connectivity index (χ2n) is 7.11. The maximum atomic E-state index is 13.5. The highest BCUT2D eigenvalue weighted by atomic mass is 32.1. The van der Waals surface area contributed by atoms with Gasteiger partial charge >= 0.3 is 6.03 Å². The van der Waals surface area contributed by atoms with Gasteiger partial charge in [0.25, 0.3) is 0 Å². The summed E-state index contributed by atoms with van der Waals surface area (Å²) in [6.07, 6.45) is 0.316. The molecule has 2 saturated heterocycles. The number of hydrogen-bond acceptors (Lipinski definition) is 4. The zero-order valence-electron chi connectivity index (χ0n) is 14.6. The standard InChI is InChI=1S/C19H21FN4OS/c1-12-8-13(20)10-24(12)19(25)22-14-6-7-23(11-14)18-16(9-21)15-4-2-3-5-17(15)26-18/h2-5,12-14H,6-8,10-11H2,1H3,(H,22,25)/t12?,13-,14-/m0/s1. The summed E-state index contributed by atoms with van der Waals surface area (Å²) in [6, 6.07) is 10.0. The third-order valence-corrected chi connectivity index (χ3v) is 6.51. The number of carbonyl (C=O) groups excluding carboxylic acids is 1. The molecule has 4 rings (SSSR count). The lowest BCUT2D eigenvalue weighted by Crippen LogP contribution is -2.47. The van der Waals surface area contributed by atoms with Gasteiger partial charge in [0, 0.05) is 41.7 Å². The first-order chi connectivity index (χ1) is 12.6. The molecule has 0 aliphatic carbocycles. The predicted octanol–water partition coefficient (Wildman–Crippen LogP) is 3.49. The fourth-order valence-electron chi connectivity index (χ4n) is 3.93. The van der Waals surface area contributed by atoms with Gasteiger partial charge in [-0.1, -0.05) is 18.2 Å². The Kier molecular flexibility index (Phi) is 4.45. The number of anilines is 1. The van der Waals surface area contributed by atoms with Gasteiger partial charge in [0.05, 0.1) is 12.1 Å². The van der Waals surface area contributed by atoms with Crippen molar-refractivity contribution in [2.45, 2.75) is 38.0 Å². The molecule has 5 nitrogen and oxygen atoms in total. The van der Waals surface area contributed by atoms with Crippen LogP contribution in [0.15, 0.2) is 24.3 Å². The van der Waals surface area contributed by atoms with Gasteiger partial charge in [0.15, 0.2) is 0 Å². The lowest BCUT2D eigenvalue weighted by molar-refractivity contribution is 0.190.